The number of rotatable bonds is 9. The average molecular weight is 447 g/mol. The van der Waals surface area contributed by atoms with E-state index in [1.165, 1.54) is 24.3 Å². The van der Waals surface area contributed by atoms with E-state index < -0.39 is 38.9 Å². The largest absolute Gasteiger partial charge is 0.573 e. The van der Waals surface area contributed by atoms with Gasteiger partial charge in [-0.25, -0.2) is 17.5 Å². The van der Waals surface area contributed by atoms with Crippen molar-refractivity contribution in [3.8, 4) is 17.6 Å². The van der Waals surface area contributed by atoms with E-state index in [1.807, 2.05) is 0 Å². The Bertz CT molecular complexity index is 1020. The topological polar surface area (TPSA) is 114 Å². The fourth-order valence-corrected chi connectivity index (χ4v) is 3.47. The number of ether oxygens (including phenoxy) is 2. The molecule has 0 fully saturated rings. The van der Waals surface area contributed by atoms with Crippen LogP contribution in [0.15, 0.2) is 47.4 Å². The normalized spacial score (nSPS) is 12.8. The van der Waals surface area contributed by atoms with E-state index in [-0.39, 0.29) is 30.9 Å². The fraction of sp³-hybridized carbons (Fsp3) is 0.278. The maximum Gasteiger partial charge on any atom is 0.573 e. The molecule has 0 radical (unpaired) electrons. The Labute approximate surface area is 170 Å². The Morgan fingerprint density at radius 3 is 2.53 bits per heavy atom. The number of alkyl halides is 3. The molecule has 1 atom stereocenters. The van der Waals surface area contributed by atoms with Crippen LogP contribution in [-0.4, -0.2) is 34.0 Å². The summed E-state index contributed by atoms with van der Waals surface area (Å²) in [5.74, 6) is -1.47. The van der Waals surface area contributed by atoms with Gasteiger partial charge in [0.1, 0.15) is 34.9 Å². The third-order valence-corrected chi connectivity index (χ3v) is 5.20. The summed E-state index contributed by atoms with van der Waals surface area (Å²) in [7, 11) is -4.29. The van der Waals surface area contributed by atoms with E-state index >= 15 is 0 Å². The lowest BCUT2D eigenvalue weighted by molar-refractivity contribution is -0.275. The van der Waals surface area contributed by atoms with Gasteiger partial charge in [-0.05, 0) is 30.7 Å². The van der Waals surface area contributed by atoms with Crippen molar-refractivity contribution >= 4 is 10.0 Å². The van der Waals surface area contributed by atoms with Crippen molar-refractivity contribution in [1.29, 1.82) is 5.26 Å². The third-order valence-electron chi connectivity index (χ3n) is 3.70. The molecule has 0 aliphatic carbocycles. The van der Waals surface area contributed by atoms with E-state index in [0.29, 0.717) is 0 Å². The number of nitrogens with one attached hydrogen (secondary N) is 1. The number of nitrogens with two attached hydrogens (primary N) is 1. The smallest absolute Gasteiger partial charge is 0.492 e. The number of nitriles is 1. The number of sulfonamides is 1. The zero-order valence-corrected chi connectivity index (χ0v) is 16.1. The first-order chi connectivity index (χ1) is 14.0. The van der Waals surface area contributed by atoms with Gasteiger partial charge in [0.25, 0.3) is 0 Å². The molecule has 0 saturated heterocycles. The number of nitrogens with zero attached hydrogens (tertiary/aromatic N) is 1. The lowest BCUT2D eigenvalue weighted by Gasteiger charge is -2.16. The number of hydrogen-bond donors (Lipinski definition) is 2. The monoisotopic (exact) mass is 447 g/mol. The van der Waals surface area contributed by atoms with Crippen LogP contribution < -0.4 is 19.9 Å². The summed E-state index contributed by atoms with van der Waals surface area (Å²) in [6.45, 7) is -0.268. The lowest BCUT2D eigenvalue weighted by Crippen LogP contribution is -2.34. The summed E-state index contributed by atoms with van der Waals surface area (Å²) in [5, 5.41) is 8.67. The quantitative estimate of drug-likeness (QED) is 0.572. The molecule has 0 saturated carbocycles. The molecule has 0 unspecified atom stereocenters. The summed E-state index contributed by atoms with van der Waals surface area (Å²) in [6.07, 6.45) is -4.96. The molecule has 7 nitrogen and oxygen atoms in total. The van der Waals surface area contributed by atoms with Crippen LogP contribution in [0.3, 0.4) is 0 Å². The average Bonchev–Trinajstić information content (AvgIpc) is 2.65. The fourth-order valence-electron chi connectivity index (χ4n) is 2.30. The van der Waals surface area contributed by atoms with Crippen LogP contribution >= 0.6 is 0 Å². The van der Waals surface area contributed by atoms with Gasteiger partial charge >= 0.3 is 6.36 Å². The lowest BCUT2D eigenvalue weighted by atomic mass is 10.2. The highest BCUT2D eigenvalue weighted by molar-refractivity contribution is 7.89. The minimum absolute atomic E-state index is 0.0825. The van der Waals surface area contributed by atoms with Crippen molar-refractivity contribution in [2.75, 3.05) is 13.2 Å². The van der Waals surface area contributed by atoms with Gasteiger partial charge in [0.05, 0.1) is 5.56 Å². The molecule has 0 heterocycles. The first-order valence-corrected chi connectivity index (χ1v) is 9.92. The number of para-hydroxylation sites is 1. The molecule has 0 aliphatic heterocycles. The van der Waals surface area contributed by atoms with Crippen LogP contribution in [0.1, 0.15) is 12.0 Å². The highest BCUT2D eigenvalue weighted by Gasteiger charge is 2.33. The molecule has 2 aromatic carbocycles. The first kappa shape index (κ1) is 23.4. The first-order valence-electron chi connectivity index (χ1n) is 8.44. The van der Waals surface area contributed by atoms with Crippen molar-refractivity contribution in [1.82, 2.24) is 4.72 Å². The molecule has 2 rings (SSSR count). The van der Waals surface area contributed by atoms with Gasteiger partial charge in [-0.2, -0.15) is 5.26 Å². The van der Waals surface area contributed by atoms with Gasteiger partial charge in [0, 0.05) is 18.7 Å². The second-order valence-corrected chi connectivity index (χ2v) is 7.74. The minimum Gasteiger partial charge on any atom is -0.492 e. The predicted molar refractivity (Wildman–Crippen MR) is 97.5 cm³/mol. The van der Waals surface area contributed by atoms with E-state index in [4.69, 9.17) is 15.7 Å². The predicted octanol–water partition coefficient (Wildman–Crippen LogP) is 2.67. The summed E-state index contributed by atoms with van der Waals surface area (Å²) < 4.78 is 86.7. The van der Waals surface area contributed by atoms with Gasteiger partial charge in [0.15, 0.2) is 0 Å². The van der Waals surface area contributed by atoms with Crippen molar-refractivity contribution in [2.24, 2.45) is 5.73 Å². The molecule has 0 aliphatic rings. The molecule has 3 N–H and O–H groups in total. The molecule has 0 amide bonds. The number of hydrogen-bond acceptors (Lipinski definition) is 6. The SMILES string of the molecule is N#Cc1ccc(OC[C@@H](N)CCNS(=O)(=O)c2ccccc2OC(F)(F)F)cc1F. The van der Waals surface area contributed by atoms with Crippen molar-refractivity contribution < 1.29 is 35.5 Å². The van der Waals surface area contributed by atoms with Crippen molar-refractivity contribution in [3.05, 3.63) is 53.8 Å². The summed E-state index contributed by atoms with van der Waals surface area (Å²) in [4.78, 5) is -0.666. The standard InChI is InChI=1S/C18H17F4N3O4S/c19-15-9-14(6-5-12(15)10-23)28-11-13(24)7-8-25-30(26,27)17-4-2-1-3-16(17)29-18(20,21)22/h1-6,9,13,25H,7-8,11,24H2/t13-/m0/s1. The second kappa shape index (κ2) is 9.75. The Balaban J connectivity index is 1.90. The molecular formula is C18H17F4N3O4S. The van der Waals surface area contributed by atoms with Crippen LogP contribution in [0, 0.1) is 17.1 Å². The number of benzene rings is 2. The Hall–Kier alpha value is -2.88. The van der Waals surface area contributed by atoms with Gasteiger partial charge in [0.2, 0.25) is 10.0 Å². The molecule has 2 aromatic rings. The second-order valence-electron chi connectivity index (χ2n) is 6.01. The molecule has 0 bridgehead atoms. The van der Waals surface area contributed by atoms with Gasteiger partial charge in [-0.1, -0.05) is 12.1 Å². The van der Waals surface area contributed by atoms with Crippen LogP contribution in [0.5, 0.6) is 11.5 Å². The third kappa shape index (κ3) is 6.87. The van der Waals surface area contributed by atoms with Crippen LogP contribution in [0.2, 0.25) is 0 Å². The maximum atomic E-state index is 13.5. The van der Waals surface area contributed by atoms with Crippen molar-refractivity contribution in [2.45, 2.75) is 23.7 Å². The van der Waals surface area contributed by atoms with E-state index in [2.05, 4.69) is 9.46 Å². The van der Waals surface area contributed by atoms with E-state index in [1.54, 1.807) is 6.07 Å². The zero-order chi connectivity index (χ0) is 22.4. The molecule has 0 spiro atoms. The molecule has 30 heavy (non-hydrogen) atoms. The van der Waals surface area contributed by atoms with Gasteiger partial charge in [-0.15, -0.1) is 13.2 Å². The molecule has 12 heteroatoms. The maximum absolute atomic E-state index is 13.5. The Kier molecular flexibility index (Phi) is 7.60. The van der Waals surface area contributed by atoms with Gasteiger partial charge < -0.3 is 15.2 Å². The number of halogens is 4. The van der Waals surface area contributed by atoms with Crippen LogP contribution in [0.4, 0.5) is 17.6 Å². The highest BCUT2D eigenvalue weighted by atomic mass is 32.2. The Morgan fingerprint density at radius 2 is 1.90 bits per heavy atom. The minimum atomic E-state index is -5.05. The summed E-state index contributed by atoms with van der Waals surface area (Å²) in [6, 6.07) is 8.98. The highest BCUT2D eigenvalue weighted by Crippen LogP contribution is 2.29. The summed E-state index contributed by atoms with van der Waals surface area (Å²) >= 11 is 0. The van der Waals surface area contributed by atoms with E-state index in [0.717, 1.165) is 18.2 Å². The van der Waals surface area contributed by atoms with E-state index in [9.17, 15) is 26.0 Å². The molecule has 0 aromatic heterocycles. The van der Waals surface area contributed by atoms with Crippen LogP contribution in [-0.2, 0) is 10.0 Å². The van der Waals surface area contributed by atoms with Crippen LogP contribution in [0.25, 0.3) is 0 Å². The zero-order valence-electron chi connectivity index (χ0n) is 15.3. The van der Waals surface area contributed by atoms with Crippen molar-refractivity contribution in [3.63, 3.8) is 0 Å². The molecule has 162 valence electrons. The Morgan fingerprint density at radius 1 is 1.20 bits per heavy atom. The molecular weight excluding hydrogens is 430 g/mol. The van der Waals surface area contributed by atoms with Gasteiger partial charge in [-0.3, -0.25) is 0 Å². The summed E-state index contributed by atoms with van der Waals surface area (Å²) in [5.41, 5.74) is 5.67.